The Morgan fingerprint density at radius 1 is 1.19 bits per heavy atom. The van der Waals surface area contributed by atoms with Crippen molar-refractivity contribution in [1.82, 2.24) is 14.6 Å². The number of hydrogen-bond donors (Lipinski definition) is 2. The summed E-state index contributed by atoms with van der Waals surface area (Å²) in [6.07, 6.45) is 3.77. The summed E-state index contributed by atoms with van der Waals surface area (Å²) in [6.45, 7) is 12.2. The van der Waals surface area contributed by atoms with Crippen molar-refractivity contribution in [3.63, 3.8) is 0 Å². The molecule has 0 radical (unpaired) electrons. The van der Waals surface area contributed by atoms with Crippen LogP contribution >= 0.6 is 0 Å². The molecule has 0 aromatic carbocycles. The van der Waals surface area contributed by atoms with Crippen molar-refractivity contribution >= 4 is 10.0 Å². The van der Waals surface area contributed by atoms with Gasteiger partial charge >= 0.3 is 0 Å². The number of aromatic nitrogens is 1. The average Bonchev–Trinajstić information content (AvgIpc) is 2.71. The SMILES string of the molecule is CCCNCc1cc(S(=O)(=O)NC(C)(C)C)cn1CCC. The Bertz CT molecular complexity index is 542. The van der Waals surface area contributed by atoms with E-state index in [9.17, 15) is 8.42 Å². The van der Waals surface area contributed by atoms with E-state index in [1.807, 2.05) is 25.3 Å². The third-order valence-electron chi connectivity index (χ3n) is 2.91. The average molecular weight is 315 g/mol. The maximum atomic E-state index is 12.4. The smallest absolute Gasteiger partial charge is 0.242 e. The maximum absolute atomic E-state index is 12.4. The molecule has 0 aliphatic carbocycles. The lowest BCUT2D eigenvalue weighted by molar-refractivity contribution is 0.491. The fourth-order valence-electron chi connectivity index (χ4n) is 2.12. The highest BCUT2D eigenvalue weighted by Crippen LogP contribution is 2.17. The molecule has 0 aliphatic heterocycles. The van der Waals surface area contributed by atoms with Crippen LogP contribution in [0.3, 0.4) is 0 Å². The minimum atomic E-state index is -3.47. The summed E-state index contributed by atoms with van der Waals surface area (Å²) >= 11 is 0. The van der Waals surface area contributed by atoms with Gasteiger partial charge in [0.2, 0.25) is 10.0 Å². The second-order valence-corrected chi connectivity index (χ2v) is 8.08. The van der Waals surface area contributed by atoms with Gasteiger partial charge in [0, 0.05) is 30.5 Å². The van der Waals surface area contributed by atoms with E-state index in [2.05, 4.69) is 23.9 Å². The zero-order valence-corrected chi connectivity index (χ0v) is 14.7. The molecule has 0 atom stereocenters. The maximum Gasteiger partial charge on any atom is 0.242 e. The zero-order chi connectivity index (χ0) is 16.1. The number of aryl methyl sites for hydroxylation is 1. The van der Waals surface area contributed by atoms with Crippen LogP contribution in [0.15, 0.2) is 17.2 Å². The Hall–Kier alpha value is -0.850. The molecule has 1 heterocycles. The van der Waals surface area contributed by atoms with Gasteiger partial charge in [-0.15, -0.1) is 0 Å². The van der Waals surface area contributed by atoms with Gasteiger partial charge in [-0.2, -0.15) is 0 Å². The van der Waals surface area contributed by atoms with Crippen LogP contribution in [-0.2, 0) is 23.1 Å². The van der Waals surface area contributed by atoms with Crippen molar-refractivity contribution in [3.05, 3.63) is 18.0 Å². The lowest BCUT2D eigenvalue weighted by Gasteiger charge is -2.19. The monoisotopic (exact) mass is 315 g/mol. The van der Waals surface area contributed by atoms with E-state index in [1.165, 1.54) is 0 Å². The Kier molecular flexibility index (Phi) is 6.43. The molecule has 0 bridgehead atoms. The highest BCUT2D eigenvalue weighted by molar-refractivity contribution is 7.89. The summed E-state index contributed by atoms with van der Waals surface area (Å²) < 4.78 is 29.5. The fourth-order valence-corrected chi connectivity index (χ4v) is 3.61. The quantitative estimate of drug-likeness (QED) is 0.724. The minimum absolute atomic E-state index is 0.346. The molecule has 0 unspecified atom stereocenters. The molecule has 0 saturated carbocycles. The number of nitrogens with zero attached hydrogens (tertiary/aromatic N) is 1. The molecular weight excluding hydrogens is 286 g/mol. The van der Waals surface area contributed by atoms with Gasteiger partial charge in [-0.25, -0.2) is 13.1 Å². The third-order valence-corrected chi connectivity index (χ3v) is 4.63. The first-order valence-electron chi connectivity index (χ1n) is 7.63. The van der Waals surface area contributed by atoms with Gasteiger partial charge in [0.1, 0.15) is 0 Å². The first kappa shape index (κ1) is 18.2. The molecule has 0 amide bonds. The summed E-state index contributed by atoms with van der Waals surface area (Å²) in [7, 11) is -3.47. The van der Waals surface area contributed by atoms with Crippen LogP contribution in [0.4, 0.5) is 0 Å². The minimum Gasteiger partial charge on any atom is -0.349 e. The van der Waals surface area contributed by atoms with Gasteiger partial charge in [0.05, 0.1) is 4.90 Å². The Morgan fingerprint density at radius 3 is 2.38 bits per heavy atom. The molecule has 6 heteroatoms. The molecule has 0 aliphatic rings. The first-order valence-corrected chi connectivity index (χ1v) is 9.11. The zero-order valence-electron chi connectivity index (χ0n) is 13.9. The van der Waals surface area contributed by atoms with E-state index in [1.54, 1.807) is 12.3 Å². The highest BCUT2D eigenvalue weighted by Gasteiger charge is 2.24. The second kappa shape index (κ2) is 7.42. The molecule has 1 aromatic rings. The molecule has 2 N–H and O–H groups in total. The second-order valence-electron chi connectivity index (χ2n) is 6.39. The summed E-state index contributed by atoms with van der Waals surface area (Å²) in [4.78, 5) is 0.346. The van der Waals surface area contributed by atoms with Crippen LogP contribution in [0.25, 0.3) is 0 Å². The highest BCUT2D eigenvalue weighted by atomic mass is 32.2. The summed E-state index contributed by atoms with van der Waals surface area (Å²) in [6, 6.07) is 1.77. The predicted molar refractivity (Wildman–Crippen MR) is 86.8 cm³/mol. The molecular formula is C15H29N3O2S. The molecule has 5 nitrogen and oxygen atoms in total. The molecule has 0 spiro atoms. The van der Waals surface area contributed by atoms with E-state index in [0.29, 0.717) is 11.4 Å². The lowest BCUT2D eigenvalue weighted by Crippen LogP contribution is -2.40. The molecule has 1 aromatic heterocycles. The fraction of sp³-hybridized carbons (Fsp3) is 0.733. The van der Waals surface area contributed by atoms with Gasteiger partial charge in [0.15, 0.2) is 0 Å². The van der Waals surface area contributed by atoms with Crippen LogP contribution < -0.4 is 10.0 Å². The number of nitrogens with one attached hydrogen (secondary N) is 2. The molecule has 122 valence electrons. The topological polar surface area (TPSA) is 63.1 Å². The number of sulfonamides is 1. The van der Waals surface area contributed by atoms with E-state index < -0.39 is 15.6 Å². The number of hydrogen-bond acceptors (Lipinski definition) is 3. The summed E-state index contributed by atoms with van der Waals surface area (Å²) in [5.74, 6) is 0. The molecule has 1 rings (SSSR count). The van der Waals surface area contributed by atoms with Crippen LogP contribution in [0.5, 0.6) is 0 Å². The van der Waals surface area contributed by atoms with Gasteiger partial charge in [-0.1, -0.05) is 13.8 Å². The van der Waals surface area contributed by atoms with E-state index >= 15 is 0 Å². The van der Waals surface area contributed by atoms with Crippen LogP contribution in [0, 0.1) is 0 Å². The standard InChI is InChI=1S/C15H29N3O2S/c1-6-8-16-11-13-10-14(12-18(13)9-7-2)21(19,20)17-15(3,4)5/h10,12,16-17H,6-9,11H2,1-5H3. The van der Waals surface area contributed by atoms with Gasteiger partial charge in [-0.05, 0) is 46.2 Å². The summed E-state index contributed by atoms with van der Waals surface area (Å²) in [5, 5.41) is 3.33. The molecule has 0 saturated heterocycles. The lowest BCUT2D eigenvalue weighted by atomic mass is 10.1. The summed E-state index contributed by atoms with van der Waals surface area (Å²) in [5.41, 5.74) is 0.534. The van der Waals surface area contributed by atoms with E-state index in [0.717, 1.165) is 31.6 Å². The van der Waals surface area contributed by atoms with Crippen LogP contribution in [0.2, 0.25) is 0 Å². The third kappa shape index (κ3) is 5.80. The van der Waals surface area contributed by atoms with Crippen LogP contribution in [0.1, 0.15) is 53.2 Å². The van der Waals surface area contributed by atoms with Gasteiger partial charge in [0.25, 0.3) is 0 Å². The van der Waals surface area contributed by atoms with Crippen molar-refractivity contribution in [2.45, 2.75) is 71.0 Å². The molecule has 0 fully saturated rings. The largest absolute Gasteiger partial charge is 0.349 e. The Balaban J connectivity index is 3.00. The van der Waals surface area contributed by atoms with E-state index in [-0.39, 0.29) is 0 Å². The predicted octanol–water partition coefficient (Wildman–Crippen LogP) is 2.47. The normalized spacial score (nSPS) is 12.8. The Morgan fingerprint density at radius 2 is 1.86 bits per heavy atom. The van der Waals surface area contributed by atoms with Crippen molar-refractivity contribution in [3.8, 4) is 0 Å². The first-order chi connectivity index (χ1) is 9.69. The Labute approximate surface area is 129 Å². The number of rotatable bonds is 8. The van der Waals surface area contributed by atoms with Crippen molar-refractivity contribution in [1.29, 1.82) is 0 Å². The van der Waals surface area contributed by atoms with Crippen molar-refractivity contribution < 1.29 is 8.42 Å². The van der Waals surface area contributed by atoms with Crippen molar-refractivity contribution in [2.75, 3.05) is 6.54 Å². The van der Waals surface area contributed by atoms with Gasteiger partial charge < -0.3 is 9.88 Å². The van der Waals surface area contributed by atoms with Gasteiger partial charge in [-0.3, -0.25) is 0 Å². The van der Waals surface area contributed by atoms with Crippen molar-refractivity contribution in [2.24, 2.45) is 0 Å². The van der Waals surface area contributed by atoms with E-state index in [4.69, 9.17) is 0 Å². The molecule has 21 heavy (non-hydrogen) atoms. The van der Waals surface area contributed by atoms with Crippen LogP contribution in [-0.4, -0.2) is 25.1 Å².